The molecule has 0 radical (unpaired) electrons. The fourth-order valence-corrected chi connectivity index (χ4v) is 2.37. The Kier molecular flexibility index (Phi) is 5.36. The van der Waals surface area contributed by atoms with Gasteiger partial charge in [0.05, 0.1) is 13.2 Å². The van der Waals surface area contributed by atoms with Crippen LogP contribution >= 0.6 is 0 Å². The minimum Gasteiger partial charge on any atom is -0.480 e. The zero-order chi connectivity index (χ0) is 12.9. The third-order valence-corrected chi connectivity index (χ3v) is 3.65. The van der Waals surface area contributed by atoms with Crippen LogP contribution in [0.1, 0.15) is 32.6 Å². The molecular weight excluding hydrogens is 222 g/mol. The molecule has 1 unspecified atom stereocenters. The third kappa shape index (κ3) is 3.94. The number of ether oxygens (including phenoxy) is 1. The van der Waals surface area contributed by atoms with Gasteiger partial charge in [-0.05, 0) is 31.6 Å². The highest BCUT2D eigenvalue weighted by molar-refractivity contribution is 5.73. The summed E-state index contributed by atoms with van der Waals surface area (Å²) in [4.78, 5) is 11.1. The Morgan fingerprint density at radius 3 is 2.53 bits per heavy atom. The number of carboxylic acid groups (broad SMARTS) is 1. The second-order valence-corrected chi connectivity index (χ2v) is 5.11. The average molecular weight is 245 g/mol. The van der Waals surface area contributed by atoms with Crippen LogP contribution in [0.5, 0.6) is 0 Å². The number of hydrogen-bond acceptors (Lipinski definition) is 4. The lowest BCUT2D eigenvalue weighted by atomic mass is 9.77. The zero-order valence-electron chi connectivity index (χ0n) is 10.6. The highest BCUT2D eigenvalue weighted by Crippen LogP contribution is 2.31. The van der Waals surface area contributed by atoms with E-state index in [4.69, 9.17) is 9.84 Å². The molecule has 1 aliphatic carbocycles. The lowest BCUT2D eigenvalue weighted by Crippen LogP contribution is -2.58. The Labute approximate surface area is 102 Å². The Morgan fingerprint density at radius 2 is 2.12 bits per heavy atom. The van der Waals surface area contributed by atoms with Crippen molar-refractivity contribution in [3.63, 3.8) is 0 Å². The van der Waals surface area contributed by atoms with E-state index in [0.717, 1.165) is 25.7 Å². The minimum atomic E-state index is -0.932. The van der Waals surface area contributed by atoms with Gasteiger partial charge >= 0.3 is 5.97 Å². The smallest absolute Gasteiger partial charge is 0.323 e. The van der Waals surface area contributed by atoms with Crippen LogP contribution in [0.4, 0.5) is 0 Å². The number of aliphatic hydroxyl groups is 1. The van der Waals surface area contributed by atoms with E-state index in [2.05, 4.69) is 12.2 Å². The standard InChI is InChI=1S/C12H23NO4/c1-9-3-5-12(8-14,6-4-9)13-10(7-17-2)11(15)16/h9-10,13-14H,3-8H2,1-2H3,(H,15,16). The van der Waals surface area contributed by atoms with Gasteiger partial charge in [-0.3, -0.25) is 10.1 Å². The average Bonchev–Trinajstić information content (AvgIpc) is 2.31. The molecule has 1 aliphatic rings. The van der Waals surface area contributed by atoms with E-state index < -0.39 is 17.6 Å². The Bertz CT molecular complexity index is 249. The number of aliphatic carboxylic acids is 1. The Morgan fingerprint density at radius 1 is 1.53 bits per heavy atom. The molecule has 0 aliphatic heterocycles. The number of methoxy groups -OCH3 is 1. The maximum atomic E-state index is 11.1. The lowest BCUT2D eigenvalue weighted by molar-refractivity contribution is -0.142. The van der Waals surface area contributed by atoms with Gasteiger partial charge < -0.3 is 14.9 Å². The van der Waals surface area contributed by atoms with E-state index in [-0.39, 0.29) is 13.2 Å². The fourth-order valence-electron chi connectivity index (χ4n) is 2.37. The van der Waals surface area contributed by atoms with E-state index in [1.165, 1.54) is 7.11 Å². The number of carboxylic acids is 1. The molecule has 5 heteroatoms. The van der Waals surface area contributed by atoms with E-state index in [9.17, 15) is 9.90 Å². The first kappa shape index (κ1) is 14.4. The molecule has 1 saturated carbocycles. The molecule has 0 aromatic heterocycles. The summed E-state index contributed by atoms with van der Waals surface area (Å²) in [6.07, 6.45) is 3.68. The Balaban J connectivity index is 2.63. The van der Waals surface area contributed by atoms with Crippen molar-refractivity contribution in [3.05, 3.63) is 0 Å². The summed E-state index contributed by atoms with van der Waals surface area (Å²) >= 11 is 0. The van der Waals surface area contributed by atoms with Crippen molar-refractivity contribution >= 4 is 5.97 Å². The number of hydrogen-bond donors (Lipinski definition) is 3. The van der Waals surface area contributed by atoms with Crippen LogP contribution in [0.2, 0.25) is 0 Å². The normalized spacial score (nSPS) is 31.1. The zero-order valence-corrected chi connectivity index (χ0v) is 10.6. The van der Waals surface area contributed by atoms with Crippen molar-refractivity contribution in [2.24, 2.45) is 5.92 Å². The summed E-state index contributed by atoms with van der Waals surface area (Å²) < 4.78 is 4.89. The maximum absolute atomic E-state index is 11.1. The Hall–Kier alpha value is -0.650. The summed E-state index contributed by atoms with van der Waals surface area (Å²) in [5.74, 6) is -0.277. The summed E-state index contributed by atoms with van der Waals surface area (Å²) in [5.41, 5.74) is -0.450. The van der Waals surface area contributed by atoms with Gasteiger partial charge in [0.25, 0.3) is 0 Å². The minimum absolute atomic E-state index is 0.0206. The van der Waals surface area contributed by atoms with E-state index in [1.54, 1.807) is 0 Å². The van der Waals surface area contributed by atoms with Gasteiger partial charge in [-0.1, -0.05) is 6.92 Å². The van der Waals surface area contributed by atoms with Gasteiger partial charge in [0, 0.05) is 12.6 Å². The molecule has 0 heterocycles. The monoisotopic (exact) mass is 245 g/mol. The van der Waals surface area contributed by atoms with Crippen LogP contribution < -0.4 is 5.32 Å². The van der Waals surface area contributed by atoms with Crippen molar-refractivity contribution in [1.82, 2.24) is 5.32 Å². The second kappa shape index (κ2) is 6.33. The highest BCUT2D eigenvalue weighted by atomic mass is 16.5. The van der Waals surface area contributed by atoms with Gasteiger partial charge in [-0.2, -0.15) is 0 Å². The van der Waals surface area contributed by atoms with Gasteiger partial charge in [0.1, 0.15) is 6.04 Å². The van der Waals surface area contributed by atoms with Crippen LogP contribution in [-0.4, -0.2) is 48.1 Å². The molecule has 3 N–H and O–H groups in total. The van der Waals surface area contributed by atoms with Gasteiger partial charge in [-0.25, -0.2) is 0 Å². The molecule has 1 rings (SSSR count). The summed E-state index contributed by atoms with van der Waals surface area (Å²) in [7, 11) is 1.48. The lowest BCUT2D eigenvalue weighted by Gasteiger charge is -2.40. The van der Waals surface area contributed by atoms with Crippen LogP contribution in [0, 0.1) is 5.92 Å². The molecule has 17 heavy (non-hydrogen) atoms. The first-order valence-corrected chi connectivity index (χ1v) is 6.13. The molecule has 5 nitrogen and oxygen atoms in total. The first-order chi connectivity index (χ1) is 8.03. The van der Waals surface area contributed by atoms with Gasteiger partial charge in [0.2, 0.25) is 0 Å². The van der Waals surface area contributed by atoms with Crippen molar-refractivity contribution in [2.45, 2.75) is 44.2 Å². The quantitative estimate of drug-likeness (QED) is 0.639. The molecule has 100 valence electrons. The SMILES string of the molecule is COCC(NC1(CO)CCC(C)CC1)C(=O)O. The molecule has 0 aromatic carbocycles. The fraction of sp³-hybridized carbons (Fsp3) is 0.917. The number of carbonyl (C=O) groups is 1. The predicted octanol–water partition coefficient (Wildman–Crippen LogP) is 0.617. The molecule has 0 spiro atoms. The van der Waals surface area contributed by atoms with Crippen LogP contribution in [0.25, 0.3) is 0 Å². The molecule has 0 saturated heterocycles. The van der Waals surface area contributed by atoms with Gasteiger partial charge in [-0.15, -0.1) is 0 Å². The molecule has 0 aromatic rings. The molecule has 1 fully saturated rings. The summed E-state index contributed by atoms with van der Waals surface area (Å²) in [6.45, 7) is 2.28. The van der Waals surface area contributed by atoms with Crippen LogP contribution in [0.15, 0.2) is 0 Å². The van der Waals surface area contributed by atoms with Crippen molar-refractivity contribution in [1.29, 1.82) is 0 Å². The third-order valence-electron chi connectivity index (χ3n) is 3.65. The molecule has 0 bridgehead atoms. The molecule has 1 atom stereocenters. The predicted molar refractivity (Wildman–Crippen MR) is 63.9 cm³/mol. The summed E-state index contributed by atoms with van der Waals surface area (Å²) in [5, 5.41) is 21.7. The second-order valence-electron chi connectivity index (χ2n) is 5.11. The van der Waals surface area contributed by atoms with Crippen molar-refractivity contribution in [2.75, 3.05) is 20.3 Å². The van der Waals surface area contributed by atoms with E-state index in [1.807, 2.05) is 0 Å². The summed E-state index contributed by atoms with van der Waals surface area (Å²) in [6, 6.07) is -0.749. The molecule has 0 amide bonds. The number of rotatable bonds is 6. The van der Waals surface area contributed by atoms with Gasteiger partial charge in [0.15, 0.2) is 0 Å². The maximum Gasteiger partial charge on any atom is 0.323 e. The molecular formula is C12H23NO4. The van der Waals surface area contributed by atoms with Crippen molar-refractivity contribution < 1.29 is 19.7 Å². The topological polar surface area (TPSA) is 78.8 Å². The largest absolute Gasteiger partial charge is 0.480 e. The van der Waals surface area contributed by atoms with Crippen molar-refractivity contribution in [3.8, 4) is 0 Å². The highest BCUT2D eigenvalue weighted by Gasteiger charge is 2.37. The first-order valence-electron chi connectivity index (χ1n) is 6.13. The van der Waals surface area contributed by atoms with E-state index in [0.29, 0.717) is 5.92 Å². The number of aliphatic hydroxyl groups excluding tert-OH is 1. The van der Waals surface area contributed by atoms with E-state index >= 15 is 0 Å². The van der Waals surface area contributed by atoms with Crippen LogP contribution in [-0.2, 0) is 9.53 Å². The van der Waals surface area contributed by atoms with Crippen LogP contribution in [0.3, 0.4) is 0 Å². The number of nitrogens with one attached hydrogen (secondary N) is 1.